The molecule has 6 heteroatoms. The molecular formula is C12H11F3N2O. The topological polar surface area (TPSA) is 58.6 Å². The van der Waals surface area contributed by atoms with Crippen LogP contribution in [0.15, 0.2) is 53.7 Å². The van der Waals surface area contributed by atoms with Crippen molar-refractivity contribution in [1.82, 2.24) is 0 Å². The second-order valence-corrected chi connectivity index (χ2v) is 3.29. The minimum absolute atomic E-state index is 0.0347. The van der Waals surface area contributed by atoms with E-state index in [0.29, 0.717) is 0 Å². The third kappa shape index (κ3) is 4.32. The van der Waals surface area contributed by atoms with Gasteiger partial charge in [-0.05, 0) is 30.4 Å². The number of hydrogen-bond donors (Lipinski definition) is 2. The number of nitrogens with two attached hydrogens (primary N) is 1. The number of allylic oxidation sites excluding steroid dienone is 2. The van der Waals surface area contributed by atoms with Gasteiger partial charge < -0.3 is 10.8 Å². The van der Waals surface area contributed by atoms with Gasteiger partial charge in [-0.15, -0.1) is 0 Å². The molecular weight excluding hydrogens is 245 g/mol. The molecule has 0 unspecified atom stereocenters. The summed E-state index contributed by atoms with van der Waals surface area (Å²) >= 11 is 0. The Balaban J connectivity index is 2.94. The van der Waals surface area contributed by atoms with Gasteiger partial charge in [-0.2, -0.15) is 13.2 Å². The first-order valence-electron chi connectivity index (χ1n) is 4.92. The SMILES string of the molecule is NC(C=CC=CO)=Nc1cccc(C(F)(F)F)c1. The molecule has 0 heterocycles. The Morgan fingerprint density at radius 1 is 1.28 bits per heavy atom. The highest BCUT2D eigenvalue weighted by molar-refractivity contribution is 5.93. The van der Waals surface area contributed by atoms with Crippen molar-refractivity contribution in [3.8, 4) is 0 Å². The first-order valence-corrected chi connectivity index (χ1v) is 4.92. The summed E-state index contributed by atoms with van der Waals surface area (Å²) in [5.74, 6) is 0.0347. The predicted molar refractivity (Wildman–Crippen MR) is 63.6 cm³/mol. The molecule has 0 amide bonds. The van der Waals surface area contributed by atoms with Gasteiger partial charge in [0.1, 0.15) is 5.84 Å². The smallest absolute Gasteiger partial charge is 0.416 e. The van der Waals surface area contributed by atoms with Crippen LogP contribution in [0, 0.1) is 0 Å². The first-order chi connectivity index (χ1) is 8.43. The van der Waals surface area contributed by atoms with Gasteiger partial charge in [-0.1, -0.05) is 12.1 Å². The Bertz CT molecular complexity index is 490. The third-order valence-electron chi connectivity index (χ3n) is 1.90. The molecule has 18 heavy (non-hydrogen) atoms. The van der Waals surface area contributed by atoms with Gasteiger partial charge in [-0.25, -0.2) is 4.99 Å². The number of hydrogen-bond acceptors (Lipinski definition) is 2. The standard InChI is InChI=1S/C12H11F3N2O/c13-12(14,15)9-4-3-5-10(8-9)17-11(16)6-1-2-7-18/h1-8,18H,(H2,16,17). The zero-order chi connectivity index (χ0) is 13.6. The normalized spacial score (nSPS) is 13.6. The van der Waals surface area contributed by atoms with Gasteiger partial charge in [0.15, 0.2) is 0 Å². The number of amidine groups is 1. The number of benzene rings is 1. The highest BCUT2D eigenvalue weighted by Gasteiger charge is 2.30. The van der Waals surface area contributed by atoms with Crippen LogP contribution in [0.3, 0.4) is 0 Å². The van der Waals surface area contributed by atoms with E-state index in [-0.39, 0.29) is 11.5 Å². The zero-order valence-electron chi connectivity index (χ0n) is 9.22. The molecule has 3 N–H and O–H groups in total. The molecule has 0 fully saturated rings. The Labute approximate surface area is 102 Å². The number of alkyl halides is 3. The molecule has 0 atom stereocenters. The molecule has 96 valence electrons. The number of rotatable bonds is 3. The quantitative estimate of drug-likeness (QED) is 0.377. The molecule has 0 saturated carbocycles. The Kier molecular flexibility index (Phi) is 4.53. The average Bonchev–Trinajstić information content (AvgIpc) is 2.28. The van der Waals surface area contributed by atoms with Gasteiger partial charge in [0.25, 0.3) is 0 Å². The molecule has 0 saturated heterocycles. The Hall–Kier alpha value is -2.24. The van der Waals surface area contributed by atoms with Gasteiger partial charge in [0.05, 0.1) is 17.5 Å². The van der Waals surface area contributed by atoms with E-state index < -0.39 is 11.7 Å². The van der Waals surface area contributed by atoms with Crippen LogP contribution in [0.25, 0.3) is 0 Å². The zero-order valence-corrected chi connectivity index (χ0v) is 9.22. The summed E-state index contributed by atoms with van der Waals surface area (Å²) in [6, 6.07) is 4.53. The number of halogens is 3. The fourth-order valence-corrected chi connectivity index (χ4v) is 1.14. The van der Waals surface area contributed by atoms with E-state index in [1.165, 1.54) is 30.4 Å². The van der Waals surface area contributed by atoms with Crippen LogP contribution >= 0.6 is 0 Å². The van der Waals surface area contributed by atoms with E-state index in [4.69, 9.17) is 10.8 Å². The van der Waals surface area contributed by atoms with Gasteiger partial charge in [-0.3, -0.25) is 0 Å². The van der Waals surface area contributed by atoms with E-state index in [2.05, 4.69) is 4.99 Å². The predicted octanol–water partition coefficient (Wildman–Crippen LogP) is 3.32. The molecule has 1 rings (SSSR count). The lowest BCUT2D eigenvalue weighted by atomic mass is 10.2. The van der Waals surface area contributed by atoms with Gasteiger partial charge in [0.2, 0.25) is 0 Å². The maximum Gasteiger partial charge on any atom is 0.416 e. The van der Waals surface area contributed by atoms with Crippen molar-refractivity contribution in [3.63, 3.8) is 0 Å². The summed E-state index contributed by atoms with van der Waals surface area (Å²) in [4.78, 5) is 3.80. The summed E-state index contributed by atoms with van der Waals surface area (Å²) in [5, 5.41) is 8.36. The summed E-state index contributed by atoms with van der Waals surface area (Å²) in [6.45, 7) is 0. The van der Waals surface area contributed by atoms with Crippen molar-refractivity contribution in [1.29, 1.82) is 0 Å². The van der Waals surface area contributed by atoms with E-state index in [0.717, 1.165) is 18.4 Å². The van der Waals surface area contributed by atoms with Crippen LogP contribution in [-0.4, -0.2) is 10.9 Å². The largest absolute Gasteiger partial charge is 0.516 e. The van der Waals surface area contributed by atoms with Gasteiger partial charge >= 0.3 is 6.18 Å². The van der Waals surface area contributed by atoms with Crippen molar-refractivity contribution in [3.05, 3.63) is 54.3 Å². The van der Waals surface area contributed by atoms with Crippen molar-refractivity contribution in [2.24, 2.45) is 10.7 Å². The maximum atomic E-state index is 12.4. The van der Waals surface area contributed by atoms with Crippen LogP contribution in [0.1, 0.15) is 5.56 Å². The lowest BCUT2D eigenvalue weighted by Crippen LogP contribution is -2.07. The molecule has 0 spiro atoms. The second-order valence-electron chi connectivity index (χ2n) is 3.29. The van der Waals surface area contributed by atoms with Crippen LogP contribution in [0.5, 0.6) is 0 Å². The number of aliphatic imine (C=N–C) groups is 1. The van der Waals surface area contributed by atoms with Crippen LogP contribution in [-0.2, 0) is 6.18 Å². The average molecular weight is 256 g/mol. The van der Waals surface area contributed by atoms with Crippen LogP contribution in [0.4, 0.5) is 18.9 Å². The van der Waals surface area contributed by atoms with E-state index in [9.17, 15) is 13.2 Å². The molecule has 1 aromatic rings. The molecule has 0 aliphatic rings. The summed E-state index contributed by atoms with van der Waals surface area (Å²) in [6.07, 6.45) is 0.456. The summed E-state index contributed by atoms with van der Waals surface area (Å²) < 4.78 is 37.3. The molecule has 0 aliphatic heterocycles. The summed E-state index contributed by atoms with van der Waals surface area (Å²) in [7, 11) is 0. The molecule has 1 aromatic carbocycles. The summed E-state index contributed by atoms with van der Waals surface area (Å²) in [5.41, 5.74) is 4.80. The van der Waals surface area contributed by atoms with E-state index in [1.54, 1.807) is 0 Å². The lowest BCUT2D eigenvalue weighted by Gasteiger charge is -2.06. The highest BCUT2D eigenvalue weighted by atomic mass is 19.4. The van der Waals surface area contributed by atoms with Gasteiger partial charge in [0, 0.05) is 0 Å². The fraction of sp³-hybridized carbons (Fsp3) is 0.0833. The van der Waals surface area contributed by atoms with E-state index in [1.807, 2.05) is 0 Å². The van der Waals surface area contributed by atoms with Crippen molar-refractivity contribution >= 4 is 11.5 Å². The molecule has 0 bridgehead atoms. The molecule has 0 radical (unpaired) electrons. The van der Waals surface area contributed by atoms with Crippen molar-refractivity contribution < 1.29 is 18.3 Å². The maximum absolute atomic E-state index is 12.4. The minimum Gasteiger partial charge on any atom is -0.516 e. The Morgan fingerprint density at radius 2 is 2.00 bits per heavy atom. The molecule has 0 aromatic heterocycles. The lowest BCUT2D eigenvalue weighted by molar-refractivity contribution is -0.137. The van der Waals surface area contributed by atoms with Crippen molar-refractivity contribution in [2.45, 2.75) is 6.18 Å². The first kappa shape index (κ1) is 13.8. The van der Waals surface area contributed by atoms with Crippen LogP contribution < -0.4 is 5.73 Å². The fourth-order valence-electron chi connectivity index (χ4n) is 1.14. The highest BCUT2D eigenvalue weighted by Crippen LogP contribution is 2.31. The number of aliphatic hydroxyl groups excluding tert-OH is 1. The number of aliphatic hydroxyl groups is 1. The third-order valence-corrected chi connectivity index (χ3v) is 1.90. The van der Waals surface area contributed by atoms with Crippen LogP contribution in [0.2, 0.25) is 0 Å². The Morgan fingerprint density at radius 3 is 2.61 bits per heavy atom. The monoisotopic (exact) mass is 256 g/mol. The van der Waals surface area contributed by atoms with E-state index >= 15 is 0 Å². The molecule has 0 aliphatic carbocycles. The minimum atomic E-state index is -4.41. The second kappa shape index (κ2) is 5.90. The molecule has 3 nitrogen and oxygen atoms in total. The number of nitrogens with zero attached hydrogens (tertiary/aromatic N) is 1. The van der Waals surface area contributed by atoms with Crippen molar-refractivity contribution in [2.75, 3.05) is 0 Å².